The summed E-state index contributed by atoms with van der Waals surface area (Å²) < 4.78 is 20.5. The molecule has 1 aromatic carbocycles. The Labute approximate surface area is 127 Å². The second-order valence-electron chi connectivity index (χ2n) is 5.02. The lowest BCUT2D eigenvalue weighted by atomic mass is 10.1. The first-order chi connectivity index (χ1) is 10.6. The number of anilines is 1. The zero-order chi connectivity index (χ0) is 15.7. The Hall–Kier alpha value is -2.70. The molecule has 0 spiro atoms. The van der Waals surface area contributed by atoms with Gasteiger partial charge < -0.3 is 14.6 Å². The summed E-state index contributed by atoms with van der Waals surface area (Å²) in [5, 5.41) is 3.16. The summed E-state index contributed by atoms with van der Waals surface area (Å²) in [4.78, 5) is 12.8. The van der Waals surface area contributed by atoms with Crippen LogP contribution in [0, 0.1) is 5.82 Å². The highest BCUT2D eigenvalue weighted by atomic mass is 19.1. The van der Waals surface area contributed by atoms with Crippen molar-refractivity contribution in [1.29, 1.82) is 0 Å². The van der Waals surface area contributed by atoms with Crippen molar-refractivity contribution < 1.29 is 9.13 Å². The Balaban J connectivity index is 1.84. The number of nitrogens with one attached hydrogen (secondary N) is 1. The number of methoxy groups -OCH3 is 1. The molecule has 0 aliphatic carbocycles. The van der Waals surface area contributed by atoms with Gasteiger partial charge in [-0.2, -0.15) is 4.98 Å². The highest BCUT2D eigenvalue weighted by Crippen LogP contribution is 2.23. The van der Waals surface area contributed by atoms with Gasteiger partial charge in [0.05, 0.1) is 25.7 Å². The molecule has 0 aliphatic heterocycles. The van der Waals surface area contributed by atoms with E-state index in [2.05, 4.69) is 20.3 Å². The maximum atomic E-state index is 13.8. The van der Waals surface area contributed by atoms with Gasteiger partial charge in [-0.15, -0.1) is 0 Å². The third-order valence-corrected chi connectivity index (χ3v) is 3.48. The highest BCUT2D eigenvalue weighted by molar-refractivity contribution is 5.70. The second kappa shape index (κ2) is 5.59. The molecule has 1 N–H and O–H groups in total. The van der Waals surface area contributed by atoms with E-state index in [1.807, 2.05) is 24.6 Å². The third kappa shape index (κ3) is 2.57. The van der Waals surface area contributed by atoms with Crippen molar-refractivity contribution in [2.24, 2.45) is 7.05 Å². The SMILES string of the molecule is COc1ccc(C(C)Nc2ncc3ncn(C)c3n2)cc1F. The molecule has 6 nitrogen and oxygen atoms in total. The van der Waals surface area contributed by atoms with Crippen LogP contribution < -0.4 is 10.1 Å². The van der Waals surface area contributed by atoms with E-state index in [-0.39, 0.29) is 11.8 Å². The fraction of sp³-hybridized carbons (Fsp3) is 0.267. The number of benzene rings is 1. The lowest BCUT2D eigenvalue weighted by Gasteiger charge is -2.15. The summed E-state index contributed by atoms with van der Waals surface area (Å²) in [7, 11) is 3.31. The van der Waals surface area contributed by atoms with Crippen LogP contribution in [0.3, 0.4) is 0 Å². The summed E-state index contributed by atoms with van der Waals surface area (Å²) in [6, 6.07) is 4.71. The minimum atomic E-state index is -0.392. The summed E-state index contributed by atoms with van der Waals surface area (Å²) >= 11 is 0. The molecule has 0 saturated heterocycles. The van der Waals surface area contributed by atoms with Crippen molar-refractivity contribution in [1.82, 2.24) is 19.5 Å². The fourth-order valence-electron chi connectivity index (χ4n) is 2.22. The van der Waals surface area contributed by atoms with E-state index in [1.54, 1.807) is 18.6 Å². The smallest absolute Gasteiger partial charge is 0.225 e. The van der Waals surface area contributed by atoms with Gasteiger partial charge in [0.25, 0.3) is 0 Å². The van der Waals surface area contributed by atoms with Crippen molar-refractivity contribution in [3.63, 3.8) is 0 Å². The number of ether oxygens (including phenoxy) is 1. The predicted molar refractivity (Wildman–Crippen MR) is 81.3 cm³/mol. The summed E-state index contributed by atoms with van der Waals surface area (Å²) in [5.74, 6) is 0.306. The molecule has 22 heavy (non-hydrogen) atoms. The fourth-order valence-corrected chi connectivity index (χ4v) is 2.22. The molecule has 0 amide bonds. The molecule has 1 atom stereocenters. The van der Waals surface area contributed by atoms with Crippen LogP contribution in [-0.2, 0) is 7.05 Å². The maximum absolute atomic E-state index is 13.8. The Kier molecular flexibility index (Phi) is 3.62. The van der Waals surface area contributed by atoms with Crippen molar-refractivity contribution in [3.05, 3.63) is 42.1 Å². The maximum Gasteiger partial charge on any atom is 0.225 e. The van der Waals surface area contributed by atoms with E-state index in [0.29, 0.717) is 5.95 Å². The number of fused-ring (bicyclic) bond motifs is 1. The van der Waals surface area contributed by atoms with Crippen molar-refractivity contribution in [2.75, 3.05) is 12.4 Å². The molecular formula is C15H16FN5O. The molecule has 2 heterocycles. The van der Waals surface area contributed by atoms with Crippen molar-refractivity contribution >= 4 is 17.1 Å². The number of rotatable bonds is 4. The number of nitrogens with zero attached hydrogens (tertiary/aromatic N) is 4. The second-order valence-corrected chi connectivity index (χ2v) is 5.02. The minimum absolute atomic E-state index is 0.147. The Morgan fingerprint density at radius 1 is 1.32 bits per heavy atom. The van der Waals surface area contributed by atoms with Crippen LogP contribution in [0.4, 0.5) is 10.3 Å². The molecule has 114 valence electrons. The lowest BCUT2D eigenvalue weighted by molar-refractivity contribution is 0.386. The van der Waals surface area contributed by atoms with Gasteiger partial charge in [-0.25, -0.2) is 14.4 Å². The van der Waals surface area contributed by atoms with E-state index in [4.69, 9.17) is 4.74 Å². The molecular weight excluding hydrogens is 285 g/mol. The van der Waals surface area contributed by atoms with E-state index in [0.717, 1.165) is 16.7 Å². The summed E-state index contributed by atoms with van der Waals surface area (Å²) in [5.41, 5.74) is 2.26. The molecule has 3 rings (SSSR count). The normalized spacial score (nSPS) is 12.4. The predicted octanol–water partition coefficient (Wildman–Crippen LogP) is 2.68. The molecule has 2 aromatic heterocycles. The monoisotopic (exact) mass is 301 g/mol. The summed E-state index contributed by atoms with van der Waals surface area (Å²) in [6.07, 6.45) is 3.34. The third-order valence-electron chi connectivity index (χ3n) is 3.48. The molecule has 0 bridgehead atoms. The van der Waals surface area contributed by atoms with Crippen LogP contribution in [0.15, 0.2) is 30.7 Å². The van der Waals surface area contributed by atoms with Crippen LogP contribution in [0.25, 0.3) is 11.2 Å². The molecule has 3 aromatic rings. The van der Waals surface area contributed by atoms with Crippen molar-refractivity contribution in [2.45, 2.75) is 13.0 Å². The quantitative estimate of drug-likeness (QED) is 0.802. The Morgan fingerprint density at radius 2 is 2.14 bits per heavy atom. The average molecular weight is 301 g/mol. The van der Waals surface area contributed by atoms with Crippen LogP contribution in [0.1, 0.15) is 18.5 Å². The minimum Gasteiger partial charge on any atom is -0.494 e. The van der Waals surface area contributed by atoms with Gasteiger partial charge in [0.15, 0.2) is 17.2 Å². The number of halogens is 1. The zero-order valence-corrected chi connectivity index (χ0v) is 12.5. The van der Waals surface area contributed by atoms with Gasteiger partial charge >= 0.3 is 0 Å². The largest absolute Gasteiger partial charge is 0.494 e. The number of hydrogen-bond acceptors (Lipinski definition) is 5. The molecule has 1 unspecified atom stereocenters. The number of aromatic nitrogens is 4. The van der Waals surface area contributed by atoms with Gasteiger partial charge in [0.2, 0.25) is 5.95 Å². The first-order valence-corrected chi connectivity index (χ1v) is 6.82. The Bertz CT molecular complexity index is 817. The van der Waals surface area contributed by atoms with Gasteiger partial charge in [-0.3, -0.25) is 0 Å². The van der Waals surface area contributed by atoms with Crippen LogP contribution >= 0.6 is 0 Å². The highest BCUT2D eigenvalue weighted by Gasteiger charge is 2.12. The summed E-state index contributed by atoms with van der Waals surface area (Å²) in [6.45, 7) is 1.91. The molecule has 0 radical (unpaired) electrons. The molecule has 0 saturated carbocycles. The van der Waals surface area contributed by atoms with Crippen LogP contribution in [-0.4, -0.2) is 26.6 Å². The van der Waals surface area contributed by atoms with E-state index < -0.39 is 5.82 Å². The first-order valence-electron chi connectivity index (χ1n) is 6.82. The lowest BCUT2D eigenvalue weighted by Crippen LogP contribution is -2.10. The number of aryl methyl sites for hydroxylation is 1. The molecule has 7 heteroatoms. The van der Waals surface area contributed by atoms with Crippen molar-refractivity contribution in [3.8, 4) is 5.75 Å². The molecule has 0 fully saturated rings. The van der Waals surface area contributed by atoms with E-state index >= 15 is 0 Å². The average Bonchev–Trinajstić information content (AvgIpc) is 2.88. The van der Waals surface area contributed by atoms with Crippen LogP contribution in [0.5, 0.6) is 5.75 Å². The van der Waals surface area contributed by atoms with Gasteiger partial charge in [0.1, 0.15) is 5.52 Å². The van der Waals surface area contributed by atoms with E-state index in [9.17, 15) is 4.39 Å². The number of hydrogen-bond donors (Lipinski definition) is 1. The molecule has 0 aliphatic rings. The Morgan fingerprint density at radius 3 is 2.86 bits per heavy atom. The topological polar surface area (TPSA) is 64.9 Å². The van der Waals surface area contributed by atoms with Gasteiger partial charge in [-0.1, -0.05) is 6.07 Å². The first kappa shape index (κ1) is 14.2. The van der Waals surface area contributed by atoms with E-state index in [1.165, 1.54) is 13.2 Å². The van der Waals surface area contributed by atoms with Crippen LogP contribution in [0.2, 0.25) is 0 Å². The van der Waals surface area contributed by atoms with Gasteiger partial charge in [0, 0.05) is 7.05 Å². The van der Waals surface area contributed by atoms with Gasteiger partial charge in [-0.05, 0) is 24.6 Å². The zero-order valence-electron chi connectivity index (χ0n) is 12.5. The standard InChI is InChI=1S/C15H16FN5O/c1-9(10-4-5-13(22-3)11(16)6-10)19-15-17-7-12-14(20-15)21(2)8-18-12/h4-9H,1-3H3,(H,17,19,20). The number of imidazole rings is 1.